The van der Waals surface area contributed by atoms with Crippen LogP contribution in [0, 0.1) is 16.2 Å². The fourth-order valence-corrected chi connectivity index (χ4v) is 4.54. The molecule has 0 unspecified atom stereocenters. The molecule has 0 saturated heterocycles. The van der Waals surface area contributed by atoms with Gasteiger partial charge in [0.05, 0.1) is 0 Å². The Morgan fingerprint density at radius 1 is 0.500 bits per heavy atom. The van der Waals surface area contributed by atoms with Gasteiger partial charge in [0.2, 0.25) is 0 Å². The molecule has 2 N–H and O–H groups in total. The molecule has 0 radical (unpaired) electrons. The zero-order chi connectivity index (χ0) is 20.8. The summed E-state index contributed by atoms with van der Waals surface area (Å²) in [6.45, 7) is 4.56. The van der Waals surface area contributed by atoms with E-state index in [0.717, 1.165) is 19.3 Å². The summed E-state index contributed by atoms with van der Waals surface area (Å²) in [5.74, 6) is 0. The fraction of sp³-hybridized carbons (Fsp3) is 0.923. The third-order valence-corrected chi connectivity index (χ3v) is 6.48. The van der Waals surface area contributed by atoms with Gasteiger partial charge < -0.3 is 10.8 Å². The summed E-state index contributed by atoms with van der Waals surface area (Å²) in [6.07, 6.45) is 30.7. The largest absolute Gasteiger partial charge is 0.313 e. The average Bonchev–Trinajstić information content (AvgIpc) is 2.70. The molecule has 166 valence electrons. The molecule has 0 aromatic carbocycles. The average molecular weight is 393 g/mol. The molecule has 0 fully saturated rings. The highest BCUT2D eigenvalue weighted by Gasteiger charge is 2.27. The van der Waals surface area contributed by atoms with Crippen LogP contribution in [0.4, 0.5) is 0 Å². The van der Waals surface area contributed by atoms with E-state index in [4.69, 9.17) is 10.8 Å². The monoisotopic (exact) mass is 392 g/mol. The molecule has 0 amide bonds. The highest BCUT2D eigenvalue weighted by molar-refractivity contribution is 5.55. The van der Waals surface area contributed by atoms with Gasteiger partial charge in [-0.1, -0.05) is 117 Å². The van der Waals surface area contributed by atoms with Crippen molar-refractivity contribution in [1.82, 2.24) is 0 Å². The Morgan fingerprint density at radius 2 is 0.893 bits per heavy atom. The summed E-state index contributed by atoms with van der Waals surface area (Å²) >= 11 is 0. The van der Waals surface area contributed by atoms with E-state index in [9.17, 15) is 0 Å². The van der Waals surface area contributed by atoms with Gasteiger partial charge in [0.15, 0.2) is 0 Å². The van der Waals surface area contributed by atoms with Gasteiger partial charge in [0.25, 0.3) is 0 Å². The van der Waals surface area contributed by atoms with Gasteiger partial charge in [0.1, 0.15) is 0 Å². The van der Waals surface area contributed by atoms with E-state index in [1.165, 1.54) is 116 Å². The van der Waals surface area contributed by atoms with Crippen molar-refractivity contribution in [1.29, 1.82) is 10.8 Å². The van der Waals surface area contributed by atoms with E-state index in [0.29, 0.717) is 5.41 Å². The maximum atomic E-state index is 7.73. The molecule has 0 heterocycles. The lowest BCUT2D eigenvalue weighted by molar-refractivity contribution is 0.217. The molecule has 28 heavy (non-hydrogen) atoms. The molecule has 0 bridgehead atoms. The normalized spacial score (nSPS) is 11.6. The molecule has 2 nitrogen and oxygen atoms in total. The molecule has 0 atom stereocenters. The van der Waals surface area contributed by atoms with Crippen LogP contribution in [0.15, 0.2) is 0 Å². The highest BCUT2D eigenvalue weighted by Crippen LogP contribution is 2.39. The second kappa shape index (κ2) is 21.1. The number of unbranched alkanes of at least 4 members (excludes halogenated alkanes) is 14. The van der Waals surface area contributed by atoms with Crippen LogP contribution in [0.1, 0.15) is 149 Å². The van der Waals surface area contributed by atoms with Gasteiger partial charge in [-0.25, -0.2) is 0 Å². The number of hydrogen-bond donors (Lipinski definition) is 2. The lowest BCUT2D eigenvalue weighted by Gasteiger charge is -2.33. The number of hydrogen-bond acceptors (Lipinski definition) is 2. The second-order valence-corrected chi connectivity index (χ2v) is 9.10. The van der Waals surface area contributed by atoms with Crippen molar-refractivity contribution in [2.24, 2.45) is 5.41 Å². The maximum Gasteiger partial charge on any atom is -0.00422 e. The van der Waals surface area contributed by atoms with Crippen molar-refractivity contribution >= 4 is 12.4 Å². The van der Waals surface area contributed by atoms with Gasteiger partial charge in [-0.05, 0) is 49.9 Å². The number of rotatable bonds is 23. The van der Waals surface area contributed by atoms with Crippen LogP contribution in [0.2, 0.25) is 0 Å². The zero-order valence-corrected chi connectivity index (χ0v) is 19.5. The molecule has 0 spiro atoms. The van der Waals surface area contributed by atoms with Gasteiger partial charge in [-0.3, -0.25) is 0 Å². The summed E-state index contributed by atoms with van der Waals surface area (Å²) in [7, 11) is 0. The van der Waals surface area contributed by atoms with Crippen molar-refractivity contribution in [3.05, 3.63) is 0 Å². The Bertz CT molecular complexity index is 317. The molecule has 0 aromatic rings. The Labute approximate surface area is 177 Å². The summed E-state index contributed by atoms with van der Waals surface area (Å²) in [6, 6.07) is 0. The SMILES string of the molecule is CCCCCCCCCCC(CC=N)(CCC=N)CCCCCCCCCC. The van der Waals surface area contributed by atoms with Crippen LogP contribution < -0.4 is 0 Å². The van der Waals surface area contributed by atoms with Crippen molar-refractivity contribution in [2.45, 2.75) is 149 Å². The summed E-state index contributed by atoms with van der Waals surface area (Å²) in [4.78, 5) is 0. The smallest absolute Gasteiger partial charge is 0.00422 e. The molecular formula is C26H52N2. The van der Waals surface area contributed by atoms with Crippen molar-refractivity contribution in [2.75, 3.05) is 0 Å². The summed E-state index contributed by atoms with van der Waals surface area (Å²) in [5.41, 5.74) is 0.295. The minimum atomic E-state index is 0.295. The molecule has 0 aromatic heterocycles. The van der Waals surface area contributed by atoms with E-state index >= 15 is 0 Å². The van der Waals surface area contributed by atoms with Crippen molar-refractivity contribution in [3.63, 3.8) is 0 Å². The van der Waals surface area contributed by atoms with Crippen LogP contribution >= 0.6 is 0 Å². The Balaban J connectivity index is 4.16. The lowest BCUT2D eigenvalue weighted by Crippen LogP contribution is -2.22. The van der Waals surface area contributed by atoms with Crippen molar-refractivity contribution in [3.8, 4) is 0 Å². The van der Waals surface area contributed by atoms with E-state index in [1.807, 2.05) is 0 Å². The topological polar surface area (TPSA) is 47.7 Å². The van der Waals surface area contributed by atoms with Crippen LogP contribution in [-0.2, 0) is 0 Å². The maximum absolute atomic E-state index is 7.73. The molecule has 0 aliphatic heterocycles. The minimum absolute atomic E-state index is 0.295. The first-order valence-corrected chi connectivity index (χ1v) is 12.7. The van der Waals surface area contributed by atoms with E-state index in [2.05, 4.69) is 13.8 Å². The second-order valence-electron chi connectivity index (χ2n) is 9.10. The van der Waals surface area contributed by atoms with Gasteiger partial charge >= 0.3 is 0 Å². The van der Waals surface area contributed by atoms with Gasteiger partial charge in [0, 0.05) is 0 Å². The quantitative estimate of drug-likeness (QED) is 0.128. The lowest BCUT2D eigenvalue weighted by atomic mass is 9.72. The van der Waals surface area contributed by atoms with Crippen LogP contribution in [0.25, 0.3) is 0 Å². The van der Waals surface area contributed by atoms with Crippen molar-refractivity contribution < 1.29 is 0 Å². The third kappa shape index (κ3) is 16.3. The Kier molecular flexibility index (Phi) is 20.6. The number of nitrogens with one attached hydrogen (secondary N) is 2. The first-order valence-electron chi connectivity index (χ1n) is 12.7. The van der Waals surface area contributed by atoms with Crippen LogP contribution in [0.3, 0.4) is 0 Å². The standard InChI is InChI=1S/C26H52N2/c1-3-5-7-9-11-13-15-17-20-26(23-25-28,22-19-24-27)21-18-16-14-12-10-8-6-4-2/h24-25,27-28H,3-23H2,1-2H3. The Hall–Kier alpha value is -0.660. The predicted octanol–water partition coefficient (Wildman–Crippen LogP) is 9.50. The highest BCUT2D eigenvalue weighted by atomic mass is 14.4. The first-order chi connectivity index (χ1) is 13.7. The van der Waals surface area contributed by atoms with Crippen LogP contribution in [0.5, 0.6) is 0 Å². The molecule has 0 aliphatic carbocycles. The Morgan fingerprint density at radius 3 is 1.25 bits per heavy atom. The first kappa shape index (κ1) is 27.3. The molecule has 0 aliphatic rings. The fourth-order valence-electron chi connectivity index (χ4n) is 4.54. The molecular weight excluding hydrogens is 340 g/mol. The van der Waals surface area contributed by atoms with E-state index < -0.39 is 0 Å². The van der Waals surface area contributed by atoms with Gasteiger partial charge in [-0.15, -0.1) is 0 Å². The summed E-state index contributed by atoms with van der Waals surface area (Å²) < 4.78 is 0. The molecule has 2 heteroatoms. The van der Waals surface area contributed by atoms with E-state index in [-0.39, 0.29) is 0 Å². The van der Waals surface area contributed by atoms with Gasteiger partial charge in [-0.2, -0.15) is 0 Å². The zero-order valence-electron chi connectivity index (χ0n) is 19.5. The van der Waals surface area contributed by atoms with E-state index in [1.54, 1.807) is 12.4 Å². The third-order valence-electron chi connectivity index (χ3n) is 6.48. The molecule has 0 saturated carbocycles. The molecule has 0 rings (SSSR count). The predicted molar refractivity (Wildman–Crippen MR) is 128 cm³/mol. The van der Waals surface area contributed by atoms with Crippen LogP contribution in [-0.4, -0.2) is 12.4 Å². The minimum Gasteiger partial charge on any atom is -0.313 e. The summed E-state index contributed by atoms with van der Waals surface area (Å²) in [5, 5.41) is 15.2.